The fourth-order valence-electron chi connectivity index (χ4n) is 4.56. The minimum absolute atomic E-state index is 0.299. The Morgan fingerprint density at radius 1 is 1.19 bits per heavy atom. The van der Waals surface area contributed by atoms with Crippen molar-refractivity contribution in [1.82, 2.24) is 0 Å². The predicted molar refractivity (Wildman–Crippen MR) is 111 cm³/mol. The van der Waals surface area contributed by atoms with Crippen molar-refractivity contribution >= 4 is 11.3 Å². The molecule has 3 heteroatoms. The van der Waals surface area contributed by atoms with Crippen LogP contribution in [0.15, 0.2) is 48.0 Å². The van der Waals surface area contributed by atoms with E-state index in [9.17, 15) is 10.2 Å². The van der Waals surface area contributed by atoms with Crippen molar-refractivity contribution in [3.8, 4) is 5.75 Å². The summed E-state index contributed by atoms with van der Waals surface area (Å²) in [6, 6.07) is 14.5. The number of phenols is 1. The van der Waals surface area contributed by atoms with Gasteiger partial charge in [-0.3, -0.25) is 0 Å². The number of benzene rings is 2. The first-order valence-electron chi connectivity index (χ1n) is 10.2. The Morgan fingerprint density at radius 3 is 2.81 bits per heavy atom. The number of nitrogens with one attached hydrogen (secondary N) is 1. The summed E-state index contributed by atoms with van der Waals surface area (Å²) in [4.78, 5) is 0. The molecule has 0 saturated heterocycles. The van der Waals surface area contributed by atoms with Crippen LogP contribution in [-0.2, 0) is 6.42 Å². The van der Waals surface area contributed by atoms with Gasteiger partial charge in [0.15, 0.2) is 0 Å². The second-order valence-electron chi connectivity index (χ2n) is 8.01. The lowest BCUT2D eigenvalue weighted by Crippen LogP contribution is -2.24. The van der Waals surface area contributed by atoms with E-state index >= 15 is 0 Å². The van der Waals surface area contributed by atoms with E-state index in [0.717, 1.165) is 67.5 Å². The molecule has 2 unspecified atom stereocenters. The summed E-state index contributed by atoms with van der Waals surface area (Å²) in [5, 5.41) is 24.7. The Labute approximate surface area is 161 Å². The maximum absolute atomic E-state index is 10.7. The van der Waals surface area contributed by atoms with E-state index in [0.29, 0.717) is 11.7 Å². The number of aromatic hydroxyl groups is 1. The second kappa shape index (κ2) is 7.77. The molecule has 142 valence electrons. The third-order valence-electron chi connectivity index (χ3n) is 6.10. The van der Waals surface area contributed by atoms with Gasteiger partial charge in [0.2, 0.25) is 0 Å². The van der Waals surface area contributed by atoms with E-state index in [1.807, 2.05) is 12.1 Å². The Kier molecular flexibility index (Phi) is 5.22. The molecule has 0 radical (unpaired) electrons. The zero-order chi connectivity index (χ0) is 18.8. The monoisotopic (exact) mass is 363 g/mol. The molecule has 0 saturated carbocycles. The molecule has 2 aromatic carbocycles. The van der Waals surface area contributed by atoms with E-state index in [1.54, 1.807) is 0 Å². The molecule has 0 fully saturated rings. The minimum Gasteiger partial charge on any atom is -0.508 e. The number of aliphatic hydroxyl groups is 1. The zero-order valence-electron chi connectivity index (χ0n) is 16.0. The molecule has 4 rings (SSSR count). The molecule has 27 heavy (non-hydrogen) atoms. The molecule has 1 aliphatic heterocycles. The van der Waals surface area contributed by atoms with Crippen molar-refractivity contribution in [1.29, 1.82) is 0 Å². The van der Waals surface area contributed by atoms with Crippen molar-refractivity contribution in [2.24, 2.45) is 0 Å². The quantitative estimate of drug-likeness (QED) is 0.637. The number of anilines is 1. The van der Waals surface area contributed by atoms with Gasteiger partial charge in [-0.2, -0.15) is 0 Å². The molecule has 1 heterocycles. The molecular formula is C24H29NO2. The molecule has 2 aliphatic rings. The van der Waals surface area contributed by atoms with E-state index in [-0.39, 0.29) is 0 Å². The lowest BCUT2D eigenvalue weighted by atomic mass is 9.81. The summed E-state index contributed by atoms with van der Waals surface area (Å²) in [6.45, 7) is 3.00. The van der Waals surface area contributed by atoms with Gasteiger partial charge in [0.05, 0.1) is 6.10 Å². The number of rotatable bonds is 5. The minimum atomic E-state index is -0.400. The third-order valence-corrected chi connectivity index (χ3v) is 6.10. The van der Waals surface area contributed by atoms with Gasteiger partial charge in [0.1, 0.15) is 5.75 Å². The van der Waals surface area contributed by atoms with Gasteiger partial charge >= 0.3 is 0 Å². The van der Waals surface area contributed by atoms with Crippen LogP contribution in [0.5, 0.6) is 5.75 Å². The van der Waals surface area contributed by atoms with Gasteiger partial charge in [-0.25, -0.2) is 0 Å². The molecule has 0 spiro atoms. The summed E-state index contributed by atoms with van der Waals surface area (Å²) >= 11 is 0. The van der Waals surface area contributed by atoms with Crippen molar-refractivity contribution in [2.75, 3.05) is 11.9 Å². The normalized spacial score (nSPS) is 19.9. The largest absolute Gasteiger partial charge is 0.508 e. The second-order valence-corrected chi connectivity index (χ2v) is 8.01. The Morgan fingerprint density at radius 2 is 2.00 bits per heavy atom. The summed E-state index contributed by atoms with van der Waals surface area (Å²) in [5.41, 5.74) is 6.76. The highest BCUT2D eigenvalue weighted by atomic mass is 16.3. The number of fused-ring (bicyclic) bond motifs is 2. The van der Waals surface area contributed by atoms with Crippen molar-refractivity contribution in [2.45, 2.75) is 57.5 Å². The molecular weight excluding hydrogens is 334 g/mol. The van der Waals surface area contributed by atoms with Crippen molar-refractivity contribution < 1.29 is 10.2 Å². The number of hydrogen-bond donors (Lipinski definition) is 3. The average molecular weight is 364 g/mol. The van der Waals surface area contributed by atoms with E-state index < -0.39 is 6.10 Å². The Hall–Kier alpha value is -2.26. The summed E-state index contributed by atoms with van der Waals surface area (Å²) in [5.74, 6) is 0.654. The summed E-state index contributed by atoms with van der Waals surface area (Å²) in [6.07, 6.45) is 5.70. The summed E-state index contributed by atoms with van der Waals surface area (Å²) < 4.78 is 0. The molecule has 0 amide bonds. The van der Waals surface area contributed by atoms with Crippen LogP contribution in [0.4, 0.5) is 5.69 Å². The fraction of sp³-hybridized carbons (Fsp3) is 0.417. The van der Waals surface area contributed by atoms with Crippen LogP contribution in [0.25, 0.3) is 5.57 Å². The van der Waals surface area contributed by atoms with Crippen LogP contribution in [0.2, 0.25) is 0 Å². The average Bonchev–Trinajstić information content (AvgIpc) is 2.68. The maximum atomic E-state index is 10.7. The van der Waals surface area contributed by atoms with Crippen LogP contribution in [0.3, 0.4) is 0 Å². The standard InChI is InChI=1S/C24H29NO2/c1-16(7-5-10-17-8-3-2-4-9-17)19-13-21-20(14-23(19)27)24-18(15-25-21)11-6-12-22(24)26/h2-4,8-9,13-14,16,22,25-27H,5-7,10-12,15H2,1H3. The van der Waals surface area contributed by atoms with Gasteiger partial charge in [0.25, 0.3) is 0 Å². The highest BCUT2D eigenvalue weighted by molar-refractivity contribution is 5.85. The third kappa shape index (κ3) is 3.74. The summed E-state index contributed by atoms with van der Waals surface area (Å²) in [7, 11) is 0. The van der Waals surface area contributed by atoms with E-state index in [4.69, 9.17) is 0 Å². The molecule has 0 aromatic heterocycles. The predicted octanol–water partition coefficient (Wildman–Crippen LogP) is 5.24. The Balaban J connectivity index is 1.50. The molecule has 2 atom stereocenters. The molecule has 1 aliphatic carbocycles. The van der Waals surface area contributed by atoms with Crippen LogP contribution in [0, 0.1) is 0 Å². The first-order valence-corrected chi connectivity index (χ1v) is 10.2. The fourth-order valence-corrected chi connectivity index (χ4v) is 4.56. The van der Waals surface area contributed by atoms with Gasteiger partial charge in [-0.1, -0.05) is 37.3 Å². The number of phenolic OH excluding ortho intramolecular Hbond substituents is 1. The molecule has 3 nitrogen and oxygen atoms in total. The van der Waals surface area contributed by atoms with Crippen LogP contribution in [0.1, 0.15) is 61.6 Å². The van der Waals surface area contributed by atoms with E-state index in [1.165, 1.54) is 11.1 Å². The lowest BCUT2D eigenvalue weighted by molar-refractivity contribution is 0.212. The number of hydrogen-bond acceptors (Lipinski definition) is 3. The maximum Gasteiger partial charge on any atom is 0.119 e. The van der Waals surface area contributed by atoms with Gasteiger partial charge in [-0.15, -0.1) is 0 Å². The topological polar surface area (TPSA) is 52.5 Å². The van der Waals surface area contributed by atoms with Gasteiger partial charge in [0, 0.05) is 17.8 Å². The molecule has 0 bridgehead atoms. The van der Waals surface area contributed by atoms with Crippen molar-refractivity contribution in [3.05, 3.63) is 64.7 Å². The van der Waals surface area contributed by atoms with Crippen LogP contribution < -0.4 is 5.32 Å². The number of aliphatic hydroxyl groups excluding tert-OH is 1. The molecule has 3 N–H and O–H groups in total. The van der Waals surface area contributed by atoms with Gasteiger partial charge < -0.3 is 15.5 Å². The first kappa shape index (κ1) is 18.1. The number of aryl methyl sites for hydroxylation is 1. The van der Waals surface area contributed by atoms with Crippen molar-refractivity contribution in [3.63, 3.8) is 0 Å². The Bertz CT molecular complexity index is 841. The first-order chi connectivity index (χ1) is 13.1. The highest BCUT2D eigenvalue weighted by Crippen LogP contribution is 2.43. The van der Waals surface area contributed by atoms with Crippen LogP contribution >= 0.6 is 0 Å². The molecule has 2 aromatic rings. The SMILES string of the molecule is CC(CCCc1ccccc1)c1cc2c(cc1O)C1=C(CCCC1O)CN2. The van der Waals surface area contributed by atoms with Gasteiger partial charge in [-0.05, 0) is 78.8 Å². The highest BCUT2D eigenvalue weighted by Gasteiger charge is 2.28. The lowest BCUT2D eigenvalue weighted by Gasteiger charge is -2.32. The van der Waals surface area contributed by atoms with Crippen LogP contribution in [-0.4, -0.2) is 22.9 Å². The smallest absolute Gasteiger partial charge is 0.119 e. The zero-order valence-corrected chi connectivity index (χ0v) is 16.0. The van der Waals surface area contributed by atoms with E-state index in [2.05, 4.69) is 42.6 Å².